The van der Waals surface area contributed by atoms with E-state index in [1.54, 1.807) is 12.1 Å². The van der Waals surface area contributed by atoms with Gasteiger partial charge in [-0.3, -0.25) is 4.79 Å². The lowest BCUT2D eigenvalue weighted by atomic mass is 10.1. The molecule has 0 bridgehead atoms. The van der Waals surface area contributed by atoms with E-state index in [4.69, 9.17) is 16.0 Å². The first-order chi connectivity index (χ1) is 10.2. The Morgan fingerprint density at radius 1 is 1.38 bits per heavy atom. The SMILES string of the molecule is O=C(NC[C@H](O)c1ccco1)[C@@H]1C[C@@H]1c1ccccc1Cl. The fourth-order valence-corrected chi connectivity index (χ4v) is 2.79. The molecule has 21 heavy (non-hydrogen) atoms. The first-order valence-corrected chi connectivity index (χ1v) is 7.28. The van der Waals surface area contributed by atoms with E-state index >= 15 is 0 Å². The van der Waals surface area contributed by atoms with E-state index in [0.717, 1.165) is 12.0 Å². The van der Waals surface area contributed by atoms with Crippen molar-refractivity contribution < 1.29 is 14.3 Å². The Labute approximate surface area is 127 Å². The average Bonchev–Trinajstić information content (AvgIpc) is 3.08. The van der Waals surface area contributed by atoms with Gasteiger partial charge < -0.3 is 14.8 Å². The zero-order valence-corrected chi connectivity index (χ0v) is 12.1. The summed E-state index contributed by atoms with van der Waals surface area (Å²) in [5.74, 6) is 0.521. The van der Waals surface area contributed by atoms with Crippen LogP contribution < -0.4 is 5.32 Å². The van der Waals surface area contributed by atoms with Gasteiger partial charge in [-0.25, -0.2) is 0 Å². The molecule has 1 heterocycles. The quantitative estimate of drug-likeness (QED) is 0.893. The van der Waals surface area contributed by atoms with E-state index < -0.39 is 6.10 Å². The van der Waals surface area contributed by atoms with Gasteiger partial charge in [0.25, 0.3) is 0 Å². The van der Waals surface area contributed by atoms with Gasteiger partial charge in [0.2, 0.25) is 5.91 Å². The number of nitrogens with one attached hydrogen (secondary N) is 1. The largest absolute Gasteiger partial charge is 0.467 e. The molecule has 1 saturated carbocycles. The topological polar surface area (TPSA) is 62.5 Å². The summed E-state index contributed by atoms with van der Waals surface area (Å²) in [5.41, 5.74) is 1.02. The summed E-state index contributed by atoms with van der Waals surface area (Å²) in [4.78, 5) is 12.1. The van der Waals surface area contributed by atoms with Gasteiger partial charge in [-0.2, -0.15) is 0 Å². The summed E-state index contributed by atoms with van der Waals surface area (Å²) in [7, 11) is 0. The highest BCUT2D eigenvalue weighted by Gasteiger charge is 2.44. The minimum atomic E-state index is -0.818. The van der Waals surface area contributed by atoms with Gasteiger partial charge in [0.05, 0.1) is 12.8 Å². The number of benzene rings is 1. The molecule has 1 aromatic heterocycles. The molecule has 1 fully saturated rings. The third-order valence-electron chi connectivity index (χ3n) is 3.77. The Kier molecular flexibility index (Phi) is 3.99. The Balaban J connectivity index is 1.53. The smallest absolute Gasteiger partial charge is 0.223 e. The molecule has 1 amide bonds. The molecule has 110 valence electrons. The molecule has 0 spiro atoms. The van der Waals surface area contributed by atoms with Gasteiger partial charge in [-0.1, -0.05) is 29.8 Å². The molecule has 1 aliphatic rings. The Morgan fingerprint density at radius 2 is 2.19 bits per heavy atom. The number of aliphatic hydroxyl groups excluding tert-OH is 1. The van der Waals surface area contributed by atoms with Crippen molar-refractivity contribution >= 4 is 17.5 Å². The number of carbonyl (C=O) groups excluding carboxylic acids is 1. The lowest BCUT2D eigenvalue weighted by Crippen LogP contribution is -2.29. The highest BCUT2D eigenvalue weighted by molar-refractivity contribution is 6.31. The lowest BCUT2D eigenvalue weighted by Gasteiger charge is -2.09. The molecule has 3 rings (SSSR count). The van der Waals surface area contributed by atoms with E-state index in [2.05, 4.69) is 5.32 Å². The summed E-state index contributed by atoms with van der Waals surface area (Å²) < 4.78 is 5.09. The van der Waals surface area contributed by atoms with Gasteiger partial charge >= 0.3 is 0 Å². The van der Waals surface area contributed by atoms with Crippen molar-refractivity contribution in [3.63, 3.8) is 0 Å². The normalized spacial score (nSPS) is 21.8. The van der Waals surface area contributed by atoms with Crippen molar-refractivity contribution in [2.75, 3.05) is 6.54 Å². The number of rotatable bonds is 5. The number of hydrogen-bond acceptors (Lipinski definition) is 3. The molecule has 1 aromatic carbocycles. The summed E-state index contributed by atoms with van der Waals surface area (Å²) in [6, 6.07) is 11.0. The van der Waals surface area contributed by atoms with Crippen LogP contribution in [0.2, 0.25) is 5.02 Å². The molecule has 4 nitrogen and oxygen atoms in total. The van der Waals surface area contributed by atoms with Crippen molar-refractivity contribution in [3.8, 4) is 0 Å². The minimum Gasteiger partial charge on any atom is -0.467 e. The number of amides is 1. The first kappa shape index (κ1) is 14.2. The van der Waals surface area contributed by atoms with Crippen LogP contribution in [0.5, 0.6) is 0 Å². The maximum Gasteiger partial charge on any atom is 0.223 e. The fourth-order valence-electron chi connectivity index (χ4n) is 2.51. The van der Waals surface area contributed by atoms with Crippen molar-refractivity contribution in [3.05, 3.63) is 59.0 Å². The van der Waals surface area contributed by atoms with Crippen molar-refractivity contribution in [1.29, 1.82) is 0 Å². The maximum absolute atomic E-state index is 12.1. The second-order valence-corrected chi connectivity index (χ2v) is 5.65. The van der Waals surface area contributed by atoms with Gasteiger partial charge in [-0.05, 0) is 36.1 Å². The molecular formula is C16H16ClNO3. The molecule has 1 aliphatic carbocycles. The van der Waals surface area contributed by atoms with E-state index in [1.807, 2.05) is 24.3 Å². The average molecular weight is 306 g/mol. The number of hydrogen-bond donors (Lipinski definition) is 2. The predicted octanol–water partition coefficient (Wildman–Crippen LogP) is 2.89. The van der Waals surface area contributed by atoms with E-state index in [1.165, 1.54) is 6.26 Å². The van der Waals surface area contributed by atoms with E-state index in [-0.39, 0.29) is 24.3 Å². The van der Waals surface area contributed by atoms with Crippen LogP contribution in [-0.4, -0.2) is 17.6 Å². The van der Waals surface area contributed by atoms with Crippen LogP contribution in [0.25, 0.3) is 0 Å². The number of furan rings is 1. The first-order valence-electron chi connectivity index (χ1n) is 6.90. The minimum absolute atomic E-state index is 0.0504. The Morgan fingerprint density at radius 3 is 2.90 bits per heavy atom. The third-order valence-corrected chi connectivity index (χ3v) is 4.12. The van der Waals surface area contributed by atoms with Crippen LogP contribution in [0.15, 0.2) is 47.1 Å². The fraction of sp³-hybridized carbons (Fsp3) is 0.312. The van der Waals surface area contributed by atoms with Crippen LogP contribution in [0.4, 0.5) is 0 Å². The third kappa shape index (κ3) is 3.12. The predicted molar refractivity (Wildman–Crippen MR) is 79.0 cm³/mol. The standard InChI is InChI=1S/C16H16ClNO3/c17-13-5-2-1-4-10(13)11-8-12(11)16(20)18-9-14(19)15-6-3-7-21-15/h1-7,11-12,14,19H,8-9H2,(H,18,20)/t11-,12-,14+/m1/s1. The van der Waals surface area contributed by atoms with Crippen LogP contribution >= 0.6 is 11.6 Å². The number of halogens is 1. The molecule has 0 saturated heterocycles. The second kappa shape index (κ2) is 5.92. The van der Waals surface area contributed by atoms with Gasteiger partial charge in [0.15, 0.2) is 0 Å². The molecule has 0 unspecified atom stereocenters. The van der Waals surface area contributed by atoms with Gasteiger partial charge in [0, 0.05) is 10.9 Å². The molecule has 0 aliphatic heterocycles. The second-order valence-electron chi connectivity index (χ2n) is 5.25. The monoisotopic (exact) mass is 305 g/mol. The highest BCUT2D eigenvalue weighted by atomic mass is 35.5. The van der Waals surface area contributed by atoms with Crippen LogP contribution in [-0.2, 0) is 4.79 Å². The zero-order valence-electron chi connectivity index (χ0n) is 11.3. The number of carbonyl (C=O) groups is 1. The molecule has 2 aromatic rings. The van der Waals surface area contributed by atoms with Crippen molar-refractivity contribution in [1.82, 2.24) is 5.32 Å². The van der Waals surface area contributed by atoms with E-state index in [0.29, 0.717) is 10.8 Å². The van der Waals surface area contributed by atoms with Crippen LogP contribution in [0, 0.1) is 5.92 Å². The van der Waals surface area contributed by atoms with Crippen molar-refractivity contribution in [2.45, 2.75) is 18.4 Å². The summed E-state index contributed by atoms with van der Waals surface area (Å²) >= 11 is 6.14. The van der Waals surface area contributed by atoms with E-state index in [9.17, 15) is 9.90 Å². The Hall–Kier alpha value is -1.78. The summed E-state index contributed by atoms with van der Waals surface area (Å²) in [5, 5.41) is 13.3. The molecule has 2 N–H and O–H groups in total. The van der Waals surface area contributed by atoms with Crippen LogP contribution in [0.3, 0.4) is 0 Å². The van der Waals surface area contributed by atoms with Crippen LogP contribution in [0.1, 0.15) is 29.8 Å². The Bertz CT molecular complexity index is 626. The summed E-state index contributed by atoms with van der Waals surface area (Å²) in [6.07, 6.45) is 1.47. The van der Waals surface area contributed by atoms with Crippen molar-refractivity contribution in [2.24, 2.45) is 5.92 Å². The highest BCUT2D eigenvalue weighted by Crippen LogP contribution is 2.49. The molecule has 3 atom stereocenters. The molecular weight excluding hydrogens is 290 g/mol. The lowest BCUT2D eigenvalue weighted by molar-refractivity contribution is -0.122. The number of aliphatic hydroxyl groups is 1. The van der Waals surface area contributed by atoms with Gasteiger partial charge in [-0.15, -0.1) is 0 Å². The van der Waals surface area contributed by atoms with Gasteiger partial charge in [0.1, 0.15) is 11.9 Å². The maximum atomic E-state index is 12.1. The molecule has 0 radical (unpaired) electrons. The zero-order chi connectivity index (χ0) is 14.8. The summed E-state index contributed by atoms with van der Waals surface area (Å²) in [6.45, 7) is 0.151. The molecule has 5 heteroatoms.